The quantitative estimate of drug-likeness (QED) is 0.444. The highest BCUT2D eigenvalue weighted by molar-refractivity contribution is 5.95. The molecule has 0 amide bonds. The van der Waals surface area contributed by atoms with Crippen LogP contribution in [-0.2, 0) is 4.74 Å². The number of piperidine rings is 1. The molecule has 0 unspecified atom stereocenters. The number of hydrogen-bond donors (Lipinski definition) is 2. The number of fused-ring (bicyclic) bond motifs is 2. The standard InChI is InChI=1S/C24H29N7O2/c1-15(14-32-3)28-24-27-12-19-18(11-26-23(19)30-24)16-4-5-20-21(10-16)29-22(13-25-20)33-17-6-8-31(2)9-7-17/h4-5,10-13,15,17H,6-9,14H2,1-3H3,(H2,26,27,28,30)/t15-/m0/s1. The van der Waals surface area contributed by atoms with Crippen molar-refractivity contribution < 1.29 is 9.47 Å². The van der Waals surface area contributed by atoms with Crippen LogP contribution >= 0.6 is 0 Å². The zero-order valence-electron chi connectivity index (χ0n) is 19.2. The van der Waals surface area contributed by atoms with Crippen LogP contribution in [-0.4, -0.2) is 75.8 Å². The van der Waals surface area contributed by atoms with Crippen LogP contribution in [0.5, 0.6) is 5.88 Å². The Morgan fingerprint density at radius 1 is 1.15 bits per heavy atom. The Kier molecular flexibility index (Phi) is 6.06. The van der Waals surface area contributed by atoms with Crippen molar-refractivity contribution >= 4 is 28.0 Å². The highest BCUT2D eigenvalue weighted by Gasteiger charge is 2.19. The van der Waals surface area contributed by atoms with Gasteiger partial charge < -0.3 is 24.7 Å². The van der Waals surface area contributed by atoms with Gasteiger partial charge in [0.1, 0.15) is 11.8 Å². The maximum absolute atomic E-state index is 6.13. The smallest absolute Gasteiger partial charge is 0.233 e. The van der Waals surface area contributed by atoms with E-state index in [2.05, 4.69) is 37.2 Å². The summed E-state index contributed by atoms with van der Waals surface area (Å²) in [5.74, 6) is 1.15. The van der Waals surface area contributed by atoms with Crippen LogP contribution in [0.3, 0.4) is 0 Å². The van der Waals surface area contributed by atoms with Gasteiger partial charge in [-0.1, -0.05) is 6.07 Å². The minimum absolute atomic E-state index is 0.117. The number of nitrogens with one attached hydrogen (secondary N) is 2. The average Bonchev–Trinajstić information content (AvgIpc) is 3.23. The third-order valence-corrected chi connectivity index (χ3v) is 6.01. The fourth-order valence-electron chi connectivity index (χ4n) is 4.22. The van der Waals surface area contributed by atoms with Crippen molar-refractivity contribution in [3.05, 3.63) is 36.8 Å². The number of ether oxygens (including phenoxy) is 2. The SMILES string of the molecule is COC[C@H](C)Nc1ncc2c(-c3ccc4ncc(OC5CCN(C)CC5)nc4c3)c[nH]c2n1. The van der Waals surface area contributed by atoms with E-state index in [0.717, 1.165) is 59.1 Å². The first-order chi connectivity index (χ1) is 16.1. The largest absolute Gasteiger partial charge is 0.473 e. The van der Waals surface area contributed by atoms with Crippen molar-refractivity contribution in [2.45, 2.75) is 31.9 Å². The van der Waals surface area contributed by atoms with Gasteiger partial charge in [0.2, 0.25) is 11.8 Å². The van der Waals surface area contributed by atoms with Crippen LogP contribution < -0.4 is 10.1 Å². The Hall–Kier alpha value is -3.30. The number of aromatic nitrogens is 5. The van der Waals surface area contributed by atoms with Gasteiger partial charge in [-0.3, -0.25) is 0 Å². The van der Waals surface area contributed by atoms with E-state index in [0.29, 0.717) is 18.4 Å². The summed E-state index contributed by atoms with van der Waals surface area (Å²) in [6.45, 7) is 4.69. The van der Waals surface area contributed by atoms with Gasteiger partial charge in [0, 0.05) is 49.6 Å². The van der Waals surface area contributed by atoms with Crippen LogP contribution in [0, 0.1) is 0 Å². The Balaban J connectivity index is 1.39. The molecular weight excluding hydrogens is 418 g/mol. The van der Waals surface area contributed by atoms with E-state index in [1.165, 1.54) is 0 Å². The summed E-state index contributed by atoms with van der Waals surface area (Å²) in [6.07, 6.45) is 7.72. The van der Waals surface area contributed by atoms with Crippen LogP contribution in [0.1, 0.15) is 19.8 Å². The summed E-state index contributed by atoms with van der Waals surface area (Å²) in [5, 5.41) is 4.20. The predicted molar refractivity (Wildman–Crippen MR) is 129 cm³/mol. The number of nitrogens with zero attached hydrogens (tertiary/aromatic N) is 5. The molecule has 0 aliphatic carbocycles. The molecule has 1 aromatic carbocycles. The number of hydrogen-bond acceptors (Lipinski definition) is 8. The molecule has 4 aromatic rings. The van der Waals surface area contributed by atoms with E-state index < -0.39 is 0 Å². The number of anilines is 1. The molecule has 1 aliphatic heterocycles. The summed E-state index contributed by atoms with van der Waals surface area (Å²) in [7, 11) is 3.82. The number of methoxy groups -OCH3 is 1. The van der Waals surface area contributed by atoms with Gasteiger partial charge in [-0.2, -0.15) is 4.98 Å². The van der Waals surface area contributed by atoms with Gasteiger partial charge in [-0.25, -0.2) is 15.0 Å². The number of likely N-dealkylation sites (tertiary alicyclic amines) is 1. The van der Waals surface area contributed by atoms with Crippen LogP contribution in [0.15, 0.2) is 36.8 Å². The van der Waals surface area contributed by atoms with E-state index >= 15 is 0 Å². The molecule has 9 nitrogen and oxygen atoms in total. The third-order valence-electron chi connectivity index (χ3n) is 6.01. The zero-order chi connectivity index (χ0) is 22.8. The molecule has 9 heteroatoms. The lowest BCUT2D eigenvalue weighted by Crippen LogP contribution is -2.35. The second-order valence-electron chi connectivity index (χ2n) is 8.69. The number of rotatable bonds is 7. The minimum atomic E-state index is 0.117. The van der Waals surface area contributed by atoms with Gasteiger partial charge in [-0.05, 0) is 44.5 Å². The van der Waals surface area contributed by atoms with E-state index in [1.807, 2.05) is 37.5 Å². The van der Waals surface area contributed by atoms with E-state index in [4.69, 9.17) is 14.5 Å². The monoisotopic (exact) mass is 447 g/mol. The van der Waals surface area contributed by atoms with Crippen molar-refractivity contribution in [1.29, 1.82) is 0 Å². The fourth-order valence-corrected chi connectivity index (χ4v) is 4.22. The number of H-pyrrole nitrogens is 1. The molecule has 172 valence electrons. The fraction of sp³-hybridized carbons (Fsp3) is 0.417. The Bertz CT molecular complexity index is 1250. The molecule has 0 spiro atoms. The average molecular weight is 448 g/mol. The zero-order valence-corrected chi connectivity index (χ0v) is 19.2. The molecule has 2 N–H and O–H groups in total. The highest BCUT2D eigenvalue weighted by Crippen LogP contribution is 2.30. The molecule has 1 saturated heterocycles. The van der Waals surface area contributed by atoms with E-state index in [9.17, 15) is 0 Å². The van der Waals surface area contributed by atoms with E-state index in [-0.39, 0.29) is 12.1 Å². The Morgan fingerprint density at radius 3 is 2.82 bits per heavy atom. The van der Waals surface area contributed by atoms with Gasteiger partial charge >= 0.3 is 0 Å². The number of benzene rings is 1. The first-order valence-electron chi connectivity index (χ1n) is 11.3. The van der Waals surface area contributed by atoms with Crippen LogP contribution in [0.4, 0.5) is 5.95 Å². The van der Waals surface area contributed by atoms with Crippen molar-refractivity contribution in [1.82, 2.24) is 29.8 Å². The summed E-state index contributed by atoms with van der Waals surface area (Å²) in [4.78, 5) is 24.0. The molecule has 0 radical (unpaired) electrons. The van der Waals surface area contributed by atoms with Gasteiger partial charge in [-0.15, -0.1) is 0 Å². The first kappa shape index (κ1) is 21.5. The molecule has 1 fully saturated rings. The summed E-state index contributed by atoms with van der Waals surface area (Å²) < 4.78 is 11.3. The van der Waals surface area contributed by atoms with Crippen molar-refractivity contribution in [3.8, 4) is 17.0 Å². The topological polar surface area (TPSA) is 101 Å². The maximum Gasteiger partial charge on any atom is 0.233 e. The van der Waals surface area contributed by atoms with Gasteiger partial charge in [0.25, 0.3) is 0 Å². The van der Waals surface area contributed by atoms with Gasteiger partial charge in [0.05, 0.1) is 23.8 Å². The van der Waals surface area contributed by atoms with Crippen molar-refractivity contribution in [2.75, 3.05) is 39.2 Å². The van der Waals surface area contributed by atoms with Crippen molar-refractivity contribution in [2.24, 2.45) is 0 Å². The molecule has 4 heterocycles. The molecule has 5 rings (SSSR count). The van der Waals surface area contributed by atoms with Gasteiger partial charge in [0.15, 0.2) is 0 Å². The molecule has 0 bridgehead atoms. The van der Waals surface area contributed by atoms with Crippen molar-refractivity contribution in [3.63, 3.8) is 0 Å². The summed E-state index contributed by atoms with van der Waals surface area (Å²) in [6, 6.07) is 6.19. The highest BCUT2D eigenvalue weighted by atomic mass is 16.5. The predicted octanol–water partition coefficient (Wildman–Crippen LogP) is 3.49. The van der Waals surface area contributed by atoms with E-state index in [1.54, 1.807) is 13.3 Å². The lowest BCUT2D eigenvalue weighted by molar-refractivity contribution is 0.110. The van der Waals surface area contributed by atoms with Crippen LogP contribution in [0.25, 0.3) is 33.2 Å². The number of aromatic amines is 1. The summed E-state index contributed by atoms with van der Waals surface area (Å²) >= 11 is 0. The lowest BCUT2D eigenvalue weighted by Gasteiger charge is -2.28. The maximum atomic E-state index is 6.13. The minimum Gasteiger partial charge on any atom is -0.473 e. The second kappa shape index (κ2) is 9.29. The summed E-state index contributed by atoms with van der Waals surface area (Å²) in [5.41, 5.74) is 4.46. The van der Waals surface area contributed by atoms with Crippen LogP contribution in [0.2, 0.25) is 0 Å². The third kappa shape index (κ3) is 4.74. The Morgan fingerprint density at radius 2 is 2.00 bits per heavy atom. The molecule has 0 saturated carbocycles. The molecule has 3 aromatic heterocycles. The molecule has 1 aliphatic rings. The first-order valence-corrected chi connectivity index (χ1v) is 11.3. The Labute approximate surface area is 192 Å². The normalized spacial score (nSPS) is 16.3. The second-order valence-corrected chi connectivity index (χ2v) is 8.69. The molecular formula is C24H29N7O2. The lowest BCUT2D eigenvalue weighted by atomic mass is 10.1. The molecule has 33 heavy (non-hydrogen) atoms. The molecule has 1 atom stereocenters.